The molecule has 0 atom stereocenters. The molecule has 2 aromatic carbocycles. The number of hydrogen-bond donors (Lipinski definition) is 1. The fraction of sp³-hybridized carbons (Fsp3) is 0.0870. The minimum Gasteiger partial charge on any atom is -0.494 e. The second kappa shape index (κ2) is 9.33. The van der Waals surface area contributed by atoms with Gasteiger partial charge in [-0.15, -0.1) is 11.3 Å². The molecule has 0 aliphatic heterocycles. The number of anilines is 1. The Hall–Kier alpha value is -4.49. The van der Waals surface area contributed by atoms with Crippen LogP contribution >= 0.6 is 11.3 Å². The number of fused-ring (bicyclic) bond motifs is 1. The van der Waals surface area contributed by atoms with Gasteiger partial charge in [0.25, 0.3) is 5.69 Å². The van der Waals surface area contributed by atoms with E-state index in [-0.39, 0.29) is 22.4 Å². The molecule has 0 aliphatic carbocycles. The summed E-state index contributed by atoms with van der Waals surface area (Å²) >= 11 is 1.19. The lowest BCUT2D eigenvalue weighted by Crippen LogP contribution is -2.03. The maximum absolute atomic E-state index is 12.4. The molecule has 1 N–H and O–H groups in total. The molecule has 4 aromatic rings. The van der Waals surface area contributed by atoms with Crippen molar-refractivity contribution >= 4 is 39.3 Å². The Kier molecular flexibility index (Phi) is 6.15. The van der Waals surface area contributed by atoms with E-state index in [1.54, 1.807) is 5.38 Å². The Labute approximate surface area is 191 Å². The quantitative estimate of drug-likeness (QED) is 0.172. The summed E-state index contributed by atoms with van der Waals surface area (Å²) in [6.45, 7) is 2.48. The van der Waals surface area contributed by atoms with Gasteiger partial charge in [0.1, 0.15) is 28.0 Å². The third-order valence-electron chi connectivity index (χ3n) is 4.61. The standard InChI is InChI=1S/C23H16N4O5S/c1-2-31-18-6-3-16(4-7-18)25-12-15(11-24)22-26-20(13-33-22)19-10-14-9-17(27(29)30)5-8-21(14)32-23(19)28/h3-10,12-13,25H,2H2,1H3/b15-12-. The minimum absolute atomic E-state index is 0.115. The molecule has 0 bridgehead atoms. The molecule has 0 amide bonds. The molecule has 10 heteroatoms. The molecule has 0 saturated carbocycles. The first-order valence-electron chi connectivity index (χ1n) is 9.76. The zero-order valence-corrected chi connectivity index (χ0v) is 18.1. The van der Waals surface area contributed by atoms with Gasteiger partial charge in [-0.1, -0.05) is 0 Å². The molecule has 9 nitrogen and oxygen atoms in total. The fourth-order valence-corrected chi connectivity index (χ4v) is 3.82. The Morgan fingerprint density at radius 1 is 1.30 bits per heavy atom. The van der Waals surface area contributed by atoms with Crippen LogP contribution in [-0.4, -0.2) is 16.5 Å². The number of ether oxygens (including phenoxy) is 1. The van der Waals surface area contributed by atoms with E-state index >= 15 is 0 Å². The lowest BCUT2D eigenvalue weighted by Gasteiger charge is -2.05. The zero-order valence-electron chi connectivity index (χ0n) is 17.3. The highest BCUT2D eigenvalue weighted by atomic mass is 32.1. The highest BCUT2D eigenvalue weighted by Crippen LogP contribution is 2.28. The van der Waals surface area contributed by atoms with E-state index < -0.39 is 10.5 Å². The number of hydrogen-bond acceptors (Lipinski definition) is 9. The van der Waals surface area contributed by atoms with Gasteiger partial charge in [0.05, 0.1) is 22.8 Å². The van der Waals surface area contributed by atoms with E-state index in [0.717, 1.165) is 11.4 Å². The van der Waals surface area contributed by atoms with Gasteiger partial charge < -0.3 is 14.5 Å². The average Bonchev–Trinajstić information content (AvgIpc) is 3.29. The molecule has 4 rings (SSSR count). The first kappa shape index (κ1) is 21.7. The number of nitriles is 1. The van der Waals surface area contributed by atoms with Crippen molar-refractivity contribution in [3.63, 3.8) is 0 Å². The van der Waals surface area contributed by atoms with E-state index in [1.165, 1.54) is 41.8 Å². The SMILES string of the molecule is CCOc1ccc(N/C=C(/C#N)c2nc(-c3cc4cc([N+](=O)[O-])ccc4oc3=O)cs2)cc1. The highest BCUT2D eigenvalue weighted by molar-refractivity contribution is 7.11. The summed E-state index contributed by atoms with van der Waals surface area (Å²) in [7, 11) is 0. The van der Waals surface area contributed by atoms with Gasteiger partial charge in [0.15, 0.2) is 0 Å². The van der Waals surface area contributed by atoms with E-state index in [9.17, 15) is 20.2 Å². The van der Waals surface area contributed by atoms with Crippen molar-refractivity contribution in [3.05, 3.63) is 85.7 Å². The number of allylic oxidation sites excluding steroid dienone is 1. The molecule has 0 radical (unpaired) electrons. The van der Waals surface area contributed by atoms with Crippen molar-refractivity contribution in [2.75, 3.05) is 11.9 Å². The summed E-state index contributed by atoms with van der Waals surface area (Å²) in [6.07, 6.45) is 1.53. The number of nitro benzene ring substituents is 1. The number of nitro groups is 1. The number of non-ortho nitro benzene ring substituents is 1. The van der Waals surface area contributed by atoms with Crippen LogP contribution in [0.3, 0.4) is 0 Å². The summed E-state index contributed by atoms with van der Waals surface area (Å²) in [4.78, 5) is 27.4. The summed E-state index contributed by atoms with van der Waals surface area (Å²) in [5, 5.41) is 26.1. The first-order chi connectivity index (χ1) is 16.0. The topological polar surface area (TPSA) is 131 Å². The number of benzene rings is 2. The van der Waals surface area contributed by atoms with Crippen molar-refractivity contribution in [1.29, 1.82) is 5.26 Å². The molecular formula is C23H16N4O5S. The number of thiazole rings is 1. The van der Waals surface area contributed by atoms with Gasteiger partial charge in [-0.25, -0.2) is 9.78 Å². The monoisotopic (exact) mass is 460 g/mol. The second-order valence-corrected chi connectivity index (χ2v) is 7.59. The third kappa shape index (κ3) is 4.73. The van der Waals surface area contributed by atoms with Crippen LogP contribution in [0, 0.1) is 21.4 Å². The maximum atomic E-state index is 12.4. The van der Waals surface area contributed by atoms with Gasteiger partial charge in [0.2, 0.25) is 0 Å². The maximum Gasteiger partial charge on any atom is 0.345 e. The normalized spacial score (nSPS) is 11.2. The minimum atomic E-state index is -0.622. The van der Waals surface area contributed by atoms with Crippen LogP contribution in [0.15, 0.2) is 69.3 Å². The van der Waals surface area contributed by atoms with Gasteiger partial charge in [-0.3, -0.25) is 10.1 Å². The molecule has 0 saturated heterocycles. The van der Waals surface area contributed by atoms with Crippen LogP contribution in [0.4, 0.5) is 11.4 Å². The van der Waals surface area contributed by atoms with Crippen LogP contribution in [0.1, 0.15) is 11.9 Å². The lowest BCUT2D eigenvalue weighted by molar-refractivity contribution is -0.384. The number of nitrogens with zero attached hydrogens (tertiary/aromatic N) is 3. The Morgan fingerprint density at radius 2 is 2.09 bits per heavy atom. The Bertz CT molecular complexity index is 1460. The summed E-state index contributed by atoms with van der Waals surface area (Å²) in [5.41, 5.74) is 1.02. The van der Waals surface area contributed by atoms with Crippen molar-refractivity contribution in [3.8, 4) is 23.1 Å². The third-order valence-corrected chi connectivity index (χ3v) is 5.48. The van der Waals surface area contributed by atoms with E-state index in [4.69, 9.17) is 9.15 Å². The summed E-state index contributed by atoms with van der Waals surface area (Å²) in [5.74, 6) is 0.747. The van der Waals surface area contributed by atoms with Gasteiger partial charge in [-0.2, -0.15) is 5.26 Å². The zero-order chi connectivity index (χ0) is 23.4. The molecule has 0 fully saturated rings. The molecule has 33 heavy (non-hydrogen) atoms. The van der Waals surface area contributed by atoms with Crippen molar-refractivity contribution < 1.29 is 14.1 Å². The number of nitrogens with one attached hydrogen (secondary N) is 1. The van der Waals surface area contributed by atoms with E-state index in [0.29, 0.717) is 22.7 Å². The van der Waals surface area contributed by atoms with Crippen LogP contribution < -0.4 is 15.7 Å². The Balaban J connectivity index is 1.62. The van der Waals surface area contributed by atoms with Crippen LogP contribution in [0.2, 0.25) is 0 Å². The average molecular weight is 460 g/mol. The number of aromatic nitrogens is 1. The van der Waals surface area contributed by atoms with Gasteiger partial charge in [0, 0.05) is 34.8 Å². The van der Waals surface area contributed by atoms with Crippen molar-refractivity contribution in [2.24, 2.45) is 0 Å². The van der Waals surface area contributed by atoms with Crippen LogP contribution in [0.25, 0.3) is 27.8 Å². The van der Waals surface area contributed by atoms with Crippen LogP contribution in [-0.2, 0) is 0 Å². The molecule has 2 aromatic heterocycles. The number of rotatable bonds is 7. The lowest BCUT2D eigenvalue weighted by atomic mass is 10.1. The van der Waals surface area contributed by atoms with Crippen molar-refractivity contribution in [2.45, 2.75) is 6.92 Å². The summed E-state index contributed by atoms with van der Waals surface area (Å²) in [6, 6.07) is 14.9. The Morgan fingerprint density at radius 3 is 2.79 bits per heavy atom. The van der Waals surface area contributed by atoms with Crippen LogP contribution in [0.5, 0.6) is 5.75 Å². The molecule has 2 heterocycles. The predicted molar refractivity (Wildman–Crippen MR) is 125 cm³/mol. The van der Waals surface area contributed by atoms with Gasteiger partial charge in [-0.05, 0) is 43.3 Å². The first-order valence-corrected chi connectivity index (χ1v) is 10.6. The largest absolute Gasteiger partial charge is 0.494 e. The fourth-order valence-electron chi connectivity index (χ4n) is 3.04. The molecular weight excluding hydrogens is 444 g/mol. The molecule has 0 aliphatic rings. The van der Waals surface area contributed by atoms with Gasteiger partial charge >= 0.3 is 5.63 Å². The van der Waals surface area contributed by atoms with Crippen molar-refractivity contribution in [1.82, 2.24) is 4.98 Å². The molecule has 0 unspecified atom stereocenters. The van der Waals surface area contributed by atoms with E-state index in [2.05, 4.69) is 16.4 Å². The summed E-state index contributed by atoms with van der Waals surface area (Å²) < 4.78 is 10.7. The van der Waals surface area contributed by atoms with E-state index in [1.807, 2.05) is 31.2 Å². The second-order valence-electron chi connectivity index (χ2n) is 6.74. The smallest absolute Gasteiger partial charge is 0.345 e. The predicted octanol–water partition coefficient (Wildman–Crippen LogP) is 5.20. The molecule has 164 valence electrons. The molecule has 0 spiro atoms. The highest BCUT2D eigenvalue weighted by Gasteiger charge is 2.15.